The molecule has 0 saturated carbocycles. The van der Waals surface area contributed by atoms with Crippen molar-refractivity contribution >= 4 is 11.6 Å². The number of halogens is 3. The molecule has 1 unspecified atom stereocenters. The molecule has 2 aromatic rings. The zero-order valence-corrected chi connectivity index (χ0v) is 10.2. The van der Waals surface area contributed by atoms with Crippen LogP contribution < -0.4 is 0 Å². The van der Waals surface area contributed by atoms with Crippen LogP contribution in [0.25, 0.3) is 0 Å². The summed E-state index contributed by atoms with van der Waals surface area (Å²) in [5.74, 6) is -0.840. The van der Waals surface area contributed by atoms with E-state index in [9.17, 15) is 13.9 Å². The zero-order valence-electron chi connectivity index (χ0n) is 9.41. The van der Waals surface area contributed by atoms with E-state index in [2.05, 4.69) is 0 Å². The van der Waals surface area contributed by atoms with Gasteiger partial charge in [-0.15, -0.1) is 0 Å². The van der Waals surface area contributed by atoms with Crippen molar-refractivity contribution in [2.75, 3.05) is 0 Å². The smallest absolute Gasteiger partial charge is 0.141 e. The molecule has 0 radical (unpaired) electrons. The first-order valence-electron chi connectivity index (χ1n) is 5.44. The standard InChI is InChI=1S/C14H11ClF2O/c15-12-7-9(1-6-13(12)17)8-14(18)10-2-4-11(16)5-3-10/h1-7,14,18H,8H2. The third kappa shape index (κ3) is 3.06. The molecule has 0 bridgehead atoms. The van der Waals surface area contributed by atoms with Crippen molar-refractivity contribution in [2.45, 2.75) is 12.5 Å². The first-order chi connectivity index (χ1) is 8.56. The normalized spacial score (nSPS) is 12.4. The Morgan fingerprint density at radius 3 is 2.33 bits per heavy atom. The highest BCUT2D eigenvalue weighted by Gasteiger charge is 2.10. The summed E-state index contributed by atoms with van der Waals surface area (Å²) in [5, 5.41) is 9.99. The predicted octanol–water partition coefficient (Wildman–Crippen LogP) is 3.89. The second kappa shape index (κ2) is 5.46. The molecule has 94 valence electrons. The number of aliphatic hydroxyl groups excluding tert-OH is 1. The fourth-order valence-corrected chi connectivity index (χ4v) is 1.90. The predicted molar refractivity (Wildman–Crippen MR) is 66.5 cm³/mol. The lowest BCUT2D eigenvalue weighted by molar-refractivity contribution is 0.178. The van der Waals surface area contributed by atoms with Crippen LogP contribution in [0.4, 0.5) is 8.78 Å². The topological polar surface area (TPSA) is 20.2 Å². The number of aliphatic hydroxyl groups is 1. The van der Waals surface area contributed by atoms with Crippen molar-refractivity contribution in [3.05, 3.63) is 70.2 Å². The molecule has 1 atom stereocenters. The van der Waals surface area contributed by atoms with Crippen molar-refractivity contribution in [3.63, 3.8) is 0 Å². The van der Waals surface area contributed by atoms with Crippen LogP contribution in [0.2, 0.25) is 5.02 Å². The average molecular weight is 269 g/mol. The molecule has 18 heavy (non-hydrogen) atoms. The maximum Gasteiger partial charge on any atom is 0.141 e. The van der Waals surface area contributed by atoms with E-state index in [-0.39, 0.29) is 10.8 Å². The maximum absolute atomic E-state index is 13.0. The first kappa shape index (κ1) is 13.0. The summed E-state index contributed by atoms with van der Waals surface area (Å²) in [6.07, 6.45) is -0.474. The molecule has 2 rings (SSSR count). The summed E-state index contributed by atoms with van der Waals surface area (Å²) in [5.41, 5.74) is 1.33. The molecule has 0 heterocycles. The largest absolute Gasteiger partial charge is 0.388 e. The van der Waals surface area contributed by atoms with Crippen LogP contribution >= 0.6 is 11.6 Å². The Bertz CT molecular complexity index is 540. The van der Waals surface area contributed by atoms with Gasteiger partial charge in [-0.3, -0.25) is 0 Å². The van der Waals surface area contributed by atoms with Gasteiger partial charge >= 0.3 is 0 Å². The summed E-state index contributed by atoms with van der Waals surface area (Å²) in [7, 11) is 0. The minimum absolute atomic E-state index is 0.0267. The van der Waals surface area contributed by atoms with Crippen LogP contribution in [-0.2, 0) is 6.42 Å². The Morgan fingerprint density at radius 1 is 1.06 bits per heavy atom. The van der Waals surface area contributed by atoms with Gasteiger partial charge in [-0.25, -0.2) is 8.78 Å². The van der Waals surface area contributed by atoms with Crippen molar-refractivity contribution < 1.29 is 13.9 Å². The van der Waals surface area contributed by atoms with Crippen LogP contribution in [0.15, 0.2) is 42.5 Å². The molecule has 0 aliphatic rings. The lowest BCUT2D eigenvalue weighted by atomic mass is 10.0. The van der Waals surface area contributed by atoms with Gasteiger partial charge in [-0.2, -0.15) is 0 Å². The van der Waals surface area contributed by atoms with Crippen LogP contribution in [-0.4, -0.2) is 5.11 Å². The highest BCUT2D eigenvalue weighted by Crippen LogP contribution is 2.22. The van der Waals surface area contributed by atoms with Gasteiger partial charge in [-0.05, 0) is 35.4 Å². The van der Waals surface area contributed by atoms with Crippen molar-refractivity contribution in [3.8, 4) is 0 Å². The first-order valence-corrected chi connectivity index (χ1v) is 5.81. The Morgan fingerprint density at radius 2 is 1.72 bits per heavy atom. The molecule has 0 aliphatic carbocycles. The Kier molecular flexibility index (Phi) is 3.94. The summed E-state index contributed by atoms with van der Waals surface area (Å²) in [4.78, 5) is 0. The molecule has 4 heteroatoms. The minimum Gasteiger partial charge on any atom is -0.388 e. The fourth-order valence-electron chi connectivity index (χ4n) is 1.69. The molecular weight excluding hydrogens is 258 g/mol. The molecule has 0 saturated heterocycles. The van der Waals surface area contributed by atoms with Crippen molar-refractivity contribution in [2.24, 2.45) is 0 Å². The van der Waals surface area contributed by atoms with Gasteiger partial charge in [-0.1, -0.05) is 29.8 Å². The van der Waals surface area contributed by atoms with Crippen molar-refractivity contribution in [1.29, 1.82) is 0 Å². The van der Waals surface area contributed by atoms with Gasteiger partial charge < -0.3 is 5.11 Å². The van der Waals surface area contributed by atoms with Gasteiger partial charge in [0.2, 0.25) is 0 Å². The van der Waals surface area contributed by atoms with Gasteiger partial charge in [0.1, 0.15) is 11.6 Å². The summed E-state index contributed by atoms with van der Waals surface area (Å²) >= 11 is 5.66. The van der Waals surface area contributed by atoms with Crippen molar-refractivity contribution in [1.82, 2.24) is 0 Å². The summed E-state index contributed by atoms with van der Waals surface area (Å²) in [6, 6.07) is 9.91. The van der Waals surface area contributed by atoms with E-state index in [1.807, 2.05) is 0 Å². The van der Waals surface area contributed by atoms with Gasteiger partial charge in [0.05, 0.1) is 11.1 Å². The quantitative estimate of drug-likeness (QED) is 0.895. The van der Waals surface area contributed by atoms with Crippen LogP contribution in [0.1, 0.15) is 17.2 Å². The van der Waals surface area contributed by atoms with E-state index in [0.717, 1.165) is 5.56 Å². The number of hydrogen-bond acceptors (Lipinski definition) is 1. The minimum atomic E-state index is -0.771. The molecule has 0 amide bonds. The Balaban J connectivity index is 2.13. The lowest BCUT2D eigenvalue weighted by Crippen LogP contribution is -2.02. The number of rotatable bonds is 3. The maximum atomic E-state index is 13.0. The highest BCUT2D eigenvalue weighted by molar-refractivity contribution is 6.30. The molecule has 0 fully saturated rings. The Hall–Kier alpha value is -1.45. The molecule has 1 N–H and O–H groups in total. The van der Waals surface area contributed by atoms with E-state index in [4.69, 9.17) is 11.6 Å². The SMILES string of the molecule is OC(Cc1ccc(F)c(Cl)c1)c1ccc(F)cc1. The number of benzene rings is 2. The van der Waals surface area contributed by atoms with E-state index in [1.54, 1.807) is 6.07 Å². The van der Waals surface area contributed by atoms with Gasteiger partial charge in [0.15, 0.2) is 0 Å². The monoisotopic (exact) mass is 268 g/mol. The average Bonchev–Trinajstić information content (AvgIpc) is 2.34. The van der Waals surface area contributed by atoms with E-state index in [1.165, 1.54) is 36.4 Å². The molecule has 0 aromatic heterocycles. The molecule has 0 spiro atoms. The highest BCUT2D eigenvalue weighted by atomic mass is 35.5. The van der Waals surface area contributed by atoms with Gasteiger partial charge in [0, 0.05) is 6.42 Å². The molecule has 0 aliphatic heterocycles. The Labute approximate surface area is 109 Å². The van der Waals surface area contributed by atoms with Crippen LogP contribution in [0, 0.1) is 11.6 Å². The van der Waals surface area contributed by atoms with Crippen LogP contribution in [0.3, 0.4) is 0 Å². The second-order valence-corrected chi connectivity index (χ2v) is 4.43. The second-order valence-electron chi connectivity index (χ2n) is 4.02. The summed E-state index contributed by atoms with van der Waals surface area (Å²) < 4.78 is 25.7. The van der Waals surface area contributed by atoms with E-state index in [0.29, 0.717) is 12.0 Å². The van der Waals surface area contributed by atoms with Gasteiger partial charge in [0.25, 0.3) is 0 Å². The summed E-state index contributed by atoms with van der Waals surface area (Å²) in [6.45, 7) is 0. The van der Waals surface area contributed by atoms with E-state index < -0.39 is 11.9 Å². The molecular formula is C14H11ClF2O. The molecule has 2 aromatic carbocycles. The lowest BCUT2D eigenvalue weighted by Gasteiger charge is -2.11. The van der Waals surface area contributed by atoms with Crippen LogP contribution in [0.5, 0.6) is 0 Å². The zero-order chi connectivity index (χ0) is 13.1. The third-order valence-electron chi connectivity index (χ3n) is 2.67. The molecule has 1 nitrogen and oxygen atoms in total. The number of hydrogen-bond donors (Lipinski definition) is 1. The van der Waals surface area contributed by atoms with E-state index >= 15 is 0 Å². The third-order valence-corrected chi connectivity index (χ3v) is 2.96. The fraction of sp³-hybridized carbons (Fsp3) is 0.143.